The molecule has 5 atom stereocenters. The molecule has 1 fully saturated rings. The van der Waals surface area contributed by atoms with E-state index in [0.717, 1.165) is 4.90 Å². The second kappa shape index (κ2) is 9.77. The number of methoxy groups -OCH3 is 1. The Morgan fingerprint density at radius 2 is 2.12 bits per heavy atom. The summed E-state index contributed by atoms with van der Waals surface area (Å²) >= 11 is 7.33. The number of hydrogen-bond donors (Lipinski definition) is 2. The van der Waals surface area contributed by atoms with Crippen LogP contribution in [0, 0.1) is 12.9 Å². The van der Waals surface area contributed by atoms with Crippen molar-refractivity contribution in [3.8, 4) is 11.4 Å². The van der Waals surface area contributed by atoms with Crippen molar-refractivity contribution in [2.45, 2.75) is 41.6 Å². The maximum absolute atomic E-state index is 13.9. The summed E-state index contributed by atoms with van der Waals surface area (Å²) in [5.41, 5.74) is 0.445. The number of nitrogens with zero attached hydrogens (tertiary/aromatic N) is 5. The van der Waals surface area contributed by atoms with E-state index in [1.165, 1.54) is 29.8 Å². The molecule has 1 aliphatic rings. The molecule has 32 heavy (non-hydrogen) atoms. The molecule has 12 heteroatoms. The van der Waals surface area contributed by atoms with Crippen LogP contribution in [0.2, 0.25) is 5.02 Å². The highest BCUT2D eigenvalue weighted by atomic mass is 35.5. The van der Waals surface area contributed by atoms with Crippen LogP contribution in [0.1, 0.15) is 11.6 Å². The van der Waals surface area contributed by atoms with E-state index in [1.54, 1.807) is 37.5 Å². The van der Waals surface area contributed by atoms with Crippen LogP contribution in [0.15, 0.2) is 41.7 Å². The fourth-order valence-electron chi connectivity index (χ4n) is 3.49. The highest BCUT2D eigenvalue weighted by molar-refractivity contribution is 7.99. The second-order valence-electron chi connectivity index (χ2n) is 7.25. The Morgan fingerprint density at radius 1 is 1.31 bits per heavy atom. The van der Waals surface area contributed by atoms with E-state index in [0.29, 0.717) is 22.0 Å². The number of aliphatic hydroxyl groups is 2. The molecule has 0 aromatic carbocycles. The van der Waals surface area contributed by atoms with E-state index in [2.05, 4.69) is 20.3 Å². The van der Waals surface area contributed by atoms with Gasteiger partial charge in [-0.25, -0.2) is 9.67 Å². The summed E-state index contributed by atoms with van der Waals surface area (Å²) in [5.74, 6) is -0.593. The van der Waals surface area contributed by atoms with Gasteiger partial charge in [-0.1, -0.05) is 34.6 Å². The monoisotopic (exact) mass is 481 g/mol. The molecule has 3 aromatic rings. The molecule has 9 nitrogen and oxygen atoms in total. The Hall–Kier alpha value is -2.15. The predicted octanol–water partition coefficient (Wildman–Crippen LogP) is 2.26. The smallest absolute Gasteiger partial charge is 0.216 e. The molecule has 3 aromatic heterocycles. The van der Waals surface area contributed by atoms with Crippen LogP contribution >= 0.6 is 23.4 Å². The van der Waals surface area contributed by atoms with Crippen LogP contribution in [-0.4, -0.2) is 72.6 Å². The van der Waals surface area contributed by atoms with Gasteiger partial charge in [0, 0.05) is 30.0 Å². The first-order valence-electron chi connectivity index (χ1n) is 9.71. The van der Waals surface area contributed by atoms with Crippen molar-refractivity contribution in [1.82, 2.24) is 25.0 Å². The van der Waals surface area contributed by atoms with E-state index in [9.17, 15) is 14.6 Å². The van der Waals surface area contributed by atoms with Gasteiger partial charge in [0.2, 0.25) is 5.95 Å². The minimum absolute atomic E-state index is 0.310. The van der Waals surface area contributed by atoms with Gasteiger partial charge in [0.15, 0.2) is 0 Å². The van der Waals surface area contributed by atoms with Crippen molar-refractivity contribution in [2.24, 2.45) is 0 Å². The first-order valence-corrected chi connectivity index (χ1v) is 11.0. The molecule has 4 heterocycles. The SMILES string of the molecule is COC1C(Sc2cncc(Cl)c2)OC(CO)C(O)C1n1cc(-c2ccc(C)c(F)n2)nn1. The second-order valence-corrected chi connectivity index (χ2v) is 8.86. The molecular weight excluding hydrogens is 461 g/mol. The standard InChI is InChI=1S/C20H21ClFN5O4S/c1-10-3-4-13(24-19(10)22)14-8-27(26-25-14)16-17(29)15(9-28)31-20(18(16)30-2)32-12-5-11(21)6-23-7-12/h3-8,15-18,20,28-29H,9H2,1-2H3. The van der Waals surface area contributed by atoms with E-state index in [4.69, 9.17) is 21.1 Å². The molecule has 0 saturated carbocycles. The average Bonchev–Trinajstić information content (AvgIpc) is 3.26. The van der Waals surface area contributed by atoms with Gasteiger partial charge in [0.25, 0.3) is 0 Å². The highest BCUT2D eigenvalue weighted by Crippen LogP contribution is 2.39. The molecule has 4 rings (SSSR count). The topological polar surface area (TPSA) is 115 Å². The predicted molar refractivity (Wildman–Crippen MR) is 115 cm³/mol. The van der Waals surface area contributed by atoms with E-state index in [1.807, 2.05) is 0 Å². The van der Waals surface area contributed by atoms with Gasteiger partial charge in [0.1, 0.15) is 35.5 Å². The molecule has 0 amide bonds. The molecule has 0 radical (unpaired) electrons. The summed E-state index contributed by atoms with van der Waals surface area (Å²) in [6, 6.07) is 4.23. The van der Waals surface area contributed by atoms with Gasteiger partial charge >= 0.3 is 0 Å². The number of thioether (sulfide) groups is 1. The van der Waals surface area contributed by atoms with Crippen LogP contribution in [0.25, 0.3) is 11.4 Å². The van der Waals surface area contributed by atoms with Crippen molar-refractivity contribution in [3.63, 3.8) is 0 Å². The van der Waals surface area contributed by atoms with Crippen molar-refractivity contribution in [3.05, 3.63) is 53.3 Å². The molecule has 0 spiro atoms. The van der Waals surface area contributed by atoms with E-state index >= 15 is 0 Å². The Kier molecular flexibility index (Phi) is 7.03. The summed E-state index contributed by atoms with van der Waals surface area (Å²) in [6.07, 6.45) is 2.00. The Labute approximate surface area is 192 Å². The lowest BCUT2D eigenvalue weighted by molar-refractivity contribution is -0.186. The summed E-state index contributed by atoms with van der Waals surface area (Å²) in [6.45, 7) is 1.21. The molecule has 0 bridgehead atoms. The zero-order valence-electron chi connectivity index (χ0n) is 17.2. The van der Waals surface area contributed by atoms with Gasteiger partial charge in [-0.3, -0.25) is 4.98 Å². The van der Waals surface area contributed by atoms with Gasteiger partial charge < -0.3 is 19.7 Å². The average molecular weight is 482 g/mol. The zero-order valence-corrected chi connectivity index (χ0v) is 18.7. The molecular formula is C20H21ClFN5O4S. The number of aromatic nitrogens is 5. The quantitative estimate of drug-likeness (QED) is 0.511. The fourth-order valence-corrected chi connectivity index (χ4v) is 4.91. The number of pyridine rings is 2. The Balaban J connectivity index is 1.66. The highest BCUT2D eigenvalue weighted by Gasteiger charge is 2.47. The molecule has 1 saturated heterocycles. The molecule has 2 N–H and O–H groups in total. The number of halogens is 2. The summed E-state index contributed by atoms with van der Waals surface area (Å²) in [7, 11) is 1.49. The maximum atomic E-state index is 13.9. The van der Waals surface area contributed by atoms with Crippen LogP contribution in [-0.2, 0) is 9.47 Å². The van der Waals surface area contributed by atoms with Crippen LogP contribution < -0.4 is 0 Å². The number of ether oxygens (including phenoxy) is 2. The Morgan fingerprint density at radius 3 is 2.81 bits per heavy atom. The van der Waals surface area contributed by atoms with Crippen molar-refractivity contribution in [1.29, 1.82) is 0 Å². The number of hydrogen-bond acceptors (Lipinski definition) is 9. The molecule has 1 aliphatic heterocycles. The first kappa shape index (κ1) is 23.0. The molecule has 170 valence electrons. The maximum Gasteiger partial charge on any atom is 0.216 e. The third-order valence-electron chi connectivity index (χ3n) is 5.14. The lowest BCUT2D eigenvalue weighted by Crippen LogP contribution is -2.55. The fraction of sp³-hybridized carbons (Fsp3) is 0.400. The summed E-state index contributed by atoms with van der Waals surface area (Å²) in [4.78, 5) is 8.71. The number of aryl methyl sites for hydroxylation is 1. The largest absolute Gasteiger partial charge is 0.394 e. The van der Waals surface area contributed by atoms with Gasteiger partial charge in [-0.2, -0.15) is 4.39 Å². The third-order valence-corrected chi connectivity index (χ3v) is 6.46. The summed E-state index contributed by atoms with van der Waals surface area (Å²) < 4.78 is 26.9. The normalized spacial score (nSPS) is 25.8. The lowest BCUT2D eigenvalue weighted by Gasteiger charge is -2.43. The van der Waals surface area contributed by atoms with Gasteiger partial charge in [-0.05, 0) is 19.1 Å². The van der Waals surface area contributed by atoms with E-state index < -0.39 is 42.3 Å². The minimum atomic E-state index is -1.14. The lowest BCUT2D eigenvalue weighted by atomic mass is 9.97. The number of rotatable bonds is 6. The molecule has 5 unspecified atom stereocenters. The van der Waals surface area contributed by atoms with Crippen molar-refractivity contribution >= 4 is 23.4 Å². The van der Waals surface area contributed by atoms with Gasteiger partial charge in [-0.15, -0.1) is 5.10 Å². The summed E-state index contributed by atoms with van der Waals surface area (Å²) in [5, 5.41) is 29.4. The Bertz CT molecular complexity index is 1090. The van der Waals surface area contributed by atoms with Crippen LogP contribution in [0.3, 0.4) is 0 Å². The van der Waals surface area contributed by atoms with Crippen LogP contribution in [0.4, 0.5) is 4.39 Å². The van der Waals surface area contributed by atoms with E-state index in [-0.39, 0.29) is 0 Å². The minimum Gasteiger partial charge on any atom is -0.394 e. The molecule has 0 aliphatic carbocycles. The van der Waals surface area contributed by atoms with Gasteiger partial charge in [0.05, 0.1) is 23.5 Å². The zero-order chi connectivity index (χ0) is 22.8. The number of aliphatic hydroxyl groups excluding tert-OH is 2. The van der Waals surface area contributed by atoms with Crippen molar-refractivity contribution in [2.75, 3.05) is 13.7 Å². The third kappa shape index (κ3) is 4.63. The van der Waals surface area contributed by atoms with Crippen molar-refractivity contribution < 1.29 is 24.1 Å². The van der Waals surface area contributed by atoms with Crippen LogP contribution in [0.5, 0.6) is 0 Å². The first-order chi connectivity index (χ1) is 15.4.